The van der Waals surface area contributed by atoms with Crippen LogP contribution in [0, 0.1) is 13.8 Å². The van der Waals surface area contributed by atoms with E-state index in [-0.39, 0.29) is 25.0 Å². The van der Waals surface area contributed by atoms with E-state index >= 15 is 0 Å². The number of hydrogen-bond acceptors (Lipinski definition) is 4. The van der Waals surface area contributed by atoms with Crippen molar-refractivity contribution in [3.05, 3.63) is 58.1 Å². The van der Waals surface area contributed by atoms with Gasteiger partial charge in [-0.25, -0.2) is 0 Å². The van der Waals surface area contributed by atoms with Crippen LogP contribution in [0.25, 0.3) is 0 Å². The van der Waals surface area contributed by atoms with Crippen molar-refractivity contribution in [2.24, 2.45) is 0 Å². The van der Waals surface area contributed by atoms with E-state index in [1.54, 1.807) is 26.2 Å². The normalized spacial score (nSPS) is 11.5. The summed E-state index contributed by atoms with van der Waals surface area (Å²) in [6.07, 6.45) is 0.823. The molecule has 2 aromatic rings. The molecule has 0 aliphatic carbocycles. The largest absolute Gasteiger partial charge is 0.497 e. The van der Waals surface area contributed by atoms with Crippen LogP contribution in [0.5, 0.6) is 11.5 Å². The third-order valence-electron chi connectivity index (χ3n) is 5.00. The number of nitrogens with one attached hydrogen (secondary N) is 1. The van der Waals surface area contributed by atoms with E-state index in [1.807, 2.05) is 45.0 Å². The quantitative estimate of drug-likeness (QED) is 0.591. The van der Waals surface area contributed by atoms with Gasteiger partial charge in [0.15, 0.2) is 6.61 Å². The molecule has 31 heavy (non-hydrogen) atoms. The lowest BCUT2D eigenvalue weighted by atomic mass is 10.1. The van der Waals surface area contributed by atoms with Crippen molar-refractivity contribution in [1.29, 1.82) is 0 Å². The third-order valence-corrected chi connectivity index (χ3v) is 5.60. The third kappa shape index (κ3) is 6.89. The summed E-state index contributed by atoms with van der Waals surface area (Å²) in [6.45, 7) is 8.15. The summed E-state index contributed by atoms with van der Waals surface area (Å²) in [7, 11) is 1.60. The number of carbonyl (C=O) groups is 2. The van der Waals surface area contributed by atoms with Crippen LogP contribution in [0.15, 0.2) is 36.4 Å². The van der Waals surface area contributed by atoms with Crippen LogP contribution >= 0.6 is 11.6 Å². The molecule has 0 aliphatic heterocycles. The van der Waals surface area contributed by atoms with Crippen molar-refractivity contribution in [2.45, 2.75) is 46.7 Å². The van der Waals surface area contributed by atoms with Gasteiger partial charge >= 0.3 is 0 Å². The SMILES string of the molecule is CCCNC(=O)[C@@H](C)N(Cc1ccc(OC)cc1)C(=O)COc1cc(C)c(Cl)c(C)c1. The highest BCUT2D eigenvalue weighted by molar-refractivity contribution is 6.32. The summed E-state index contributed by atoms with van der Waals surface area (Å²) >= 11 is 6.21. The molecule has 6 nitrogen and oxygen atoms in total. The lowest BCUT2D eigenvalue weighted by Crippen LogP contribution is -2.49. The molecule has 0 bridgehead atoms. The molecular formula is C24H31ClN2O4. The first kappa shape index (κ1) is 24.5. The molecule has 0 saturated carbocycles. The van der Waals surface area contributed by atoms with Crippen LogP contribution < -0.4 is 14.8 Å². The molecule has 0 radical (unpaired) electrons. The number of halogens is 1. The molecule has 0 aliphatic rings. The fourth-order valence-corrected chi connectivity index (χ4v) is 3.23. The first-order valence-corrected chi connectivity index (χ1v) is 10.7. The van der Waals surface area contributed by atoms with Crippen molar-refractivity contribution in [3.63, 3.8) is 0 Å². The summed E-state index contributed by atoms with van der Waals surface area (Å²) in [5, 5.41) is 3.54. The van der Waals surface area contributed by atoms with Crippen molar-refractivity contribution in [3.8, 4) is 11.5 Å². The molecule has 0 spiro atoms. The summed E-state index contributed by atoms with van der Waals surface area (Å²) in [6, 6.07) is 10.4. The highest BCUT2D eigenvalue weighted by Crippen LogP contribution is 2.26. The molecule has 2 amide bonds. The van der Waals surface area contributed by atoms with Crippen LogP contribution in [-0.2, 0) is 16.1 Å². The number of rotatable bonds is 10. The Hall–Kier alpha value is -2.73. The van der Waals surface area contributed by atoms with Crippen LogP contribution in [0.4, 0.5) is 0 Å². The van der Waals surface area contributed by atoms with Gasteiger partial charge in [-0.3, -0.25) is 9.59 Å². The number of amides is 2. The summed E-state index contributed by atoms with van der Waals surface area (Å²) in [5.74, 6) is 0.828. The number of hydrogen-bond donors (Lipinski definition) is 1. The second-order valence-electron chi connectivity index (χ2n) is 7.50. The molecule has 2 rings (SSSR count). The number of ether oxygens (including phenoxy) is 2. The molecular weight excluding hydrogens is 416 g/mol. The predicted molar refractivity (Wildman–Crippen MR) is 123 cm³/mol. The number of aryl methyl sites for hydroxylation is 2. The van der Waals surface area contributed by atoms with E-state index < -0.39 is 6.04 Å². The first-order chi connectivity index (χ1) is 14.8. The lowest BCUT2D eigenvalue weighted by Gasteiger charge is -2.29. The highest BCUT2D eigenvalue weighted by Gasteiger charge is 2.26. The fourth-order valence-electron chi connectivity index (χ4n) is 3.12. The molecule has 0 fully saturated rings. The Kier molecular flexibility index (Phi) is 9.19. The zero-order valence-electron chi connectivity index (χ0n) is 18.8. The minimum Gasteiger partial charge on any atom is -0.497 e. The second-order valence-corrected chi connectivity index (χ2v) is 7.87. The van der Waals surface area contributed by atoms with Crippen molar-refractivity contribution < 1.29 is 19.1 Å². The van der Waals surface area contributed by atoms with Gasteiger partial charge in [0, 0.05) is 18.1 Å². The second kappa shape index (κ2) is 11.6. The molecule has 168 valence electrons. The lowest BCUT2D eigenvalue weighted by molar-refractivity contribution is -0.142. The topological polar surface area (TPSA) is 67.9 Å². The molecule has 0 aromatic heterocycles. The van der Waals surface area contributed by atoms with Gasteiger partial charge in [-0.2, -0.15) is 0 Å². The molecule has 1 atom stereocenters. The van der Waals surface area contributed by atoms with Crippen molar-refractivity contribution >= 4 is 23.4 Å². The minimum atomic E-state index is -0.640. The summed E-state index contributed by atoms with van der Waals surface area (Å²) in [5.41, 5.74) is 2.65. The number of nitrogens with zero attached hydrogens (tertiary/aromatic N) is 1. The van der Waals surface area contributed by atoms with Gasteiger partial charge < -0.3 is 19.7 Å². The van der Waals surface area contributed by atoms with E-state index in [4.69, 9.17) is 21.1 Å². The Morgan fingerprint density at radius 3 is 2.26 bits per heavy atom. The van der Waals surface area contributed by atoms with Crippen LogP contribution in [0.2, 0.25) is 5.02 Å². The Balaban J connectivity index is 2.16. The Morgan fingerprint density at radius 2 is 1.71 bits per heavy atom. The average molecular weight is 447 g/mol. The van der Waals surface area contributed by atoms with Gasteiger partial charge in [0.1, 0.15) is 17.5 Å². The average Bonchev–Trinajstić information content (AvgIpc) is 2.77. The molecule has 0 heterocycles. The van der Waals surface area contributed by atoms with Gasteiger partial charge in [-0.15, -0.1) is 0 Å². The van der Waals surface area contributed by atoms with Crippen molar-refractivity contribution in [2.75, 3.05) is 20.3 Å². The van der Waals surface area contributed by atoms with Gasteiger partial charge in [-0.1, -0.05) is 30.7 Å². The number of carbonyl (C=O) groups excluding carboxylic acids is 2. The molecule has 2 aromatic carbocycles. The summed E-state index contributed by atoms with van der Waals surface area (Å²) < 4.78 is 10.9. The maximum Gasteiger partial charge on any atom is 0.261 e. The highest BCUT2D eigenvalue weighted by atomic mass is 35.5. The number of benzene rings is 2. The summed E-state index contributed by atoms with van der Waals surface area (Å²) in [4.78, 5) is 27.2. The standard InChI is InChI=1S/C24H31ClN2O4/c1-6-11-26-24(29)18(4)27(14-19-7-9-20(30-5)10-8-19)22(28)15-31-21-12-16(2)23(25)17(3)13-21/h7-10,12-13,18H,6,11,14-15H2,1-5H3,(H,26,29)/t18-/m1/s1. The van der Waals surface area contributed by atoms with E-state index in [2.05, 4.69) is 5.32 Å². The molecule has 0 saturated heterocycles. The van der Waals surface area contributed by atoms with E-state index in [1.165, 1.54) is 4.90 Å². The fraction of sp³-hybridized carbons (Fsp3) is 0.417. The van der Waals surface area contributed by atoms with Gasteiger partial charge in [0.05, 0.1) is 7.11 Å². The molecule has 0 unspecified atom stereocenters. The van der Waals surface area contributed by atoms with Crippen molar-refractivity contribution in [1.82, 2.24) is 10.2 Å². The smallest absolute Gasteiger partial charge is 0.261 e. The Morgan fingerprint density at radius 1 is 1.10 bits per heavy atom. The zero-order valence-corrected chi connectivity index (χ0v) is 19.6. The van der Waals surface area contributed by atoms with Gasteiger partial charge in [0.2, 0.25) is 5.91 Å². The minimum absolute atomic E-state index is 0.179. The van der Waals surface area contributed by atoms with Crippen LogP contribution in [0.3, 0.4) is 0 Å². The van der Waals surface area contributed by atoms with Gasteiger partial charge in [-0.05, 0) is 68.1 Å². The monoisotopic (exact) mass is 446 g/mol. The van der Waals surface area contributed by atoms with E-state index in [0.717, 1.165) is 28.9 Å². The molecule has 1 N–H and O–H groups in total. The first-order valence-electron chi connectivity index (χ1n) is 10.4. The van der Waals surface area contributed by atoms with Crippen LogP contribution in [0.1, 0.15) is 37.0 Å². The maximum atomic E-state index is 13.1. The number of methoxy groups -OCH3 is 1. The predicted octanol–water partition coefficient (Wildman–Crippen LogP) is 4.29. The van der Waals surface area contributed by atoms with E-state index in [9.17, 15) is 9.59 Å². The van der Waals surface area contributed by atoms with E-state index in [0.29, 0.717) is 17.3 Å². The molecule has 7 heteroatoms. The Bertz CT molecular complexity index is 876. The Labute approximate surface area is 189 Å². The maximum absolute atomic E-state index is 13.1. The van der Waals surface area contributed by atoms with Gasteiger partial charge in [0.25, 0.3) is 5.91 Å². The zero-order chi connectivity index (χ0) is 23.0. The van der Waals surface area contributed by atoms with Crippen LogP contribution in [-0.4, -0.2) is 43.0 Å².